The molecule has 31 heavy (non-hydrogen) atoms. The molecule has 0 aliphatic carbocycles. The first-order valence-electron chi connectivity index (χ1n) is 9.74. The minimum atomic E-state index is -1.82. The lowest BCUT2D eigenvalue weighted by atomic mass is 10.0. The van der Waals surface area contributed by atoms with Crippen LogP contribution in [0, 0.1) is 13.8 Å². The number of nitrogens with zero attached hydrogens (tertiary/aromatic N) is 2. The van der Waals surface area contributed by atoms with Crippen LogP contribution in [0.4, 0.5) is 5.95 Å². The number of imidazole rings is 1. The van der Waals surface area contributed by atoms with Gasteiger partial charge in [-0.1, -0.05) is 30.3 Å². The standard InChI is InChI=1S/C21H25N3O.C2H2O4/c1-5-25-20-9-7-6-8-18(20)13-22-21-23-14-19(24(21)4)17-11-10-15(2)16(3)12-17;3-1(4)2(5)6/h6-12,14H,5,13H2,1-4H3,(H,22,23);(H,3,4)(H,5,6). The van der Waals surface area contributed by atoms with Crippen molar-refractivity contribution in [1.29, 1.82) is 0 Å². The van der Waals surface area contributed by atoms with E-state index in [1.807, 2.05) is 38.4 Å². The van der Waals surface area contributed by atoms with E-state index in [4.69, 9.17) is 24.5 Å². The van der Waals surface area contributed by atoms with Gasteiger partial charge in [-0.25, -0.2) is 14.6 Å². The molecule has 0 bridgehead atoms. The third-order valence-electron chi connectivity index (χ3n) is 4.68. The molecule has 1 heterocycles. The molecule has 0 aliphatic heterocycles. The summed E-state index contributed by atoms with van der Waals surface area (Å²) in [5.41, 5.74) is 6.00. The maximum atomic E-state index is 9.10. The van der Waals surface area contributed by atoms with Gasteiger partial charge in [0.1, 0.15) is 5.75 Å². The summed E-state index contributed by atoms with van der Waals surface area (Å²) < 4.78 is 7.78. The number of hydrogen-bond acceptors (Lipinski definition) is 5. The third kappa shape index (κ3) is 6.33. The Balaban J connectivity index is 0.000000501. The largest absolute Gasteiger partial charge is 0.494 e. The number of hydrogen-bond donors (Lipinski definition) is 3. The van der Waals surface area contributed by atoms with E-state index in [9.17, 15) is 0 Å². The van der Waals surface area contributed by atoms with E-state index in [1.165, 1.54) is 16.7 Å². The van der Waals surface area contributed by atoms with Gasteiger partial charge in [0.2, 0.25) is 5.95 Å². The van der Waals surface area contributed by atoms with Crippen molar-refractivity contribution in [3.05, 3.63) is 65.4 Å². The lowest BCUT2D eigenvalue weighted by Crippen LogP contribution is -2.09. The number of aryl methyl sites for hydroxylation is 2. The molecular formula is C23H27N3O5. The Bertz CT molecular complexity index is 1050. The molecule has 3 aromatic rings. The summed E-state index contributed by atoms with van der Waals surface area (Å²) in [5, 5.41) is 18.2. The molecule has 0 fully saturated rings. The number of anilines is 1. The highest BCUT2D eigenvalue weighted by Crippen LogP contribution is 2.25. The van der Waals surface area contributed by atoms with Crippen molar-refractivity contribution < 1.29 is 24.5 Å². The van der Waals surface area contributed by atoms with Gasteiger partial charge in [-0.3, -0.25) is 0 Å². The van der Waals surface area contributed by atoms with Crippen LogP contribution in [0.2, 0.25) is 0 Å². The van der Waals surface area contributed by atoms with Crippen LogP contribution < -0.4 is 10.1 Å². The number of carboxylic acid groups (broad SMARTS) is 2. The number of aromatic nitrogens is 2. The molecule has 1 aromatic heterocycles. The van der Waals surface area contributed by atoms with E-state index in [2.05, 4.69) is 53.0 Å². The van der Waals surface area contributed by atoms with Crippen molar-refractivity contribution >= 4 is 17.9 Å². The first-order chi connectivity index (χ1) is 14.7. The summed E-state index contributed by atoms with van der Waals surface area (Å²) in [6.07, 6.45) is 1.92. The van der Waals surface area contributed by atoms with E-state index in [0.717, 1.165) is 23.0 Å². The Labute approximate surface area is 181 Å². The number of ether oxygens (including phenoxy) is 1. The molecule has 3 rings (SSSR count). The zero-order chi connectivity index (χ0) is 23.0. The minimum absolute atomic E-state index is 0.663. The summed E-state index contributed by atoms with van der Waals surface area (Å²) in [4.78, 5) is 22.7. The summed E-state index contributed by atoms with van der Waals surface area (Å²) in [6, 6.07) is 14.6. The van der Waals surface area contributed by atoms with Crippen LogP contribution in [0.25, 0.3) is 11.3 Å². The second-order valence-corrected chi connectivity index (χ2v) is 6.83. The molecule has 0 amide bonds. The fourth-order valence-electron chi connectivity index (χ4n) is 2.86. The molecule has 2 aromatic carbocycles. The van der Waals surface area contributed by atoms with Crippen molar-refractivity contribution in [3.8, 4) is 17.0 Å². The number of nitrogens with one attached hydrogen (secondary N) is 1. The van der Waals surface area contributed by atoms with Gasteiger partial charge >= 0.3 is 11.9 Å². The molecule has 8 nitrogen and oxygen atoms in total. The molecule has 0 spiro atoms. The summed E-state index contributed by atoms with van der Waals surface area (Å²) in [6.45, 7) is 7.60. The zero-order valence-electron chi connectivity index (χ0n) is 18.0. The smallest absolute Gasteiger partial charge is 0.414 e. The fourth-order valence-corrected chi connectivity index (χ4v) is 2.86. The lowest BCUT2D eigenvalue weighted by Gasteiger charge is -2.12. The van der Waals surface area contributed by atoms with Gasteiger partial charge in [-0.15, -0.1) is 0 Å². The van der Waals surface area contributed by atoms with Crippen LogP contribution in [0.5, 0.6) is 5.75 Å². The minimum Gasteiger partial charge on any atom is -0.494 e. The molecule has 0 saturated heterocycles. The van der Waals surface area contributed by atoms with Gasteiger partial charge in [0.25, 0.3) is 0 Å². The second-order valence-electron chi connectivity index (χ2n) is 6.83. The van der Waals surface area contributed by atoms with E-state index in [0.29, 0.717) is 13.2 Å². The molecule has 0 radical (unpaired) electrons. The Hall–Kier alpha value is -3.81. The zero-order valence-corrected chi connectivity index (χ0v) is 18.0. The quantitative estimate of drug-likeness (QED) is 0.514. The van der Waals surface area contributed by atoms with Crippen molar-refractivity contribution in [3.63, 3.8) is 0 Å². The normalized spacial score (nSPS) is 10.1. The number of carboxylic acids is 2. The number of aliphatic carboxylic acids is 2. The Morgan fingerprint density at radius 3 is 2.35 bits per heavy atom. The highest BCUT2D eigenvalue weighted by atomic mass is 16.5. The van der Waals surface area contributed by atoms with Gasteiger partial charge in [0.05, 0.1) is 18.5 Å². The summed E-state index contributed by atoms with van der Waals surface area (Å²) >= 11 is 0. The molecule has 0 unspecified atom stereocenters. The molecule has 8 heteroatoms. The first kappa shape index (κ1) is 23.5. The lowest BCUT2D eigenvalue weighted by molar-refractivity contribution is -0.159. The second kappa shape index (κ2) is 10.8. The van der Waals surface area contributed by atoms with Crippen LogP contribution in [0.3, 0.4) is 0 Å². The molecule has 0 saturated carbocycles. The summed E-state index contributed by atoms with van der Waals surface area (Å²) in [5.74, 6) is -1.88. The Kier molecular flexibility index (Phi) is 8.19. The highest BCUT2D eigenvalue weighted by molar-refractivity contribution is 6.27. The van der Waals surface area contributed by atoms with E-state index in [-0.39, 0.29) is 0 Å². The average Bonchev–Trinajstić information content (AvgIpc) is 3.10. The van der Waals surface area contributed by atoms with Gasteiger partial charge in [-0.2, -0.15) is 0 Å². The number of carbonyl (C=O) groups is 2. The maximum absolute atomic E-state index is 9.10. The van der Waals surface area contributed by atoms with Gasteiger partial charge in [0.15, 0.2) is 0 Å². The number of rotatable bonds is 6. The van der Waals surface area contributed by atoms with E-state index < -0.39 is 11.9 Å². The molecule has 164 valence electrons. The Morgan fingerprint density at radius 1 is 1.06 bits per heavy atom. The van der Waals surface area contributed by atoms with Crippen LogP contribution in [0.15, 0.2) is 48.7 Å². The Morgan fingerprint density at radius 2 is 1.74 bits per heavy atom. The predicted molar refractivity (Wildman–Crippen MR) is 118 cm³/mol. The van der Waals surface area contributed by atoms with E-state index in [1.54, 1.807) is 0 Å². The van der Waals surface area contributed by atoms with Crippen LogP contribution in [-0.2, 0) is 23.2 Å². The van der Waals surface area contributed by atoms with Gasteiger partial charge in [-0.05, 0) is 44.0 Å². The monoisotopic (exact) mass is 425 g/mol. The highest BCUT2D eigenvalue weighted by Gasteiger charge is 2.10. The van der Waals surface area contributed by atoms with Gasteiger partial charge < -0.3 is 24.8 Å². The topological polar surface area (TPSA) is 114 Å². The molecule has 3 N–H and O–H groups in total. The fraction of sp³-hybridized carbons (Fsp3) is 0.261. The van der Waals surface area contributed by atoms with E-state index >= 15 is 0 Å². The van der Waals surface area contributed by atoms with Crippen molar-refractivity contribution in [2.45, 2.75) is 27.3 Å². The molecular weight excluding hydrogens is 398 g/mol. The van der Waals surface area contributed by atoms with Crippen LogP contribution in [0.1, 0.15) is 23.6 Å². The molecule has 0 aliphatic rings. The number of benzene rings is 2. The van der Waals surface area contributed by atoms with Crippen molar-refractivity contribution in [2.75, 3.05) is 11.9 Å². The van der Waals surface area contributed by atoms with Gasteiger partial charge in [0, 0.05) is 24.7 Å². The average molecular weight is 425 g/mol. The van der Waals surface area contributed by atoms with Crippen molar-refractivity contribution in [2.24, 2.45) is 7.05 Å². The third-order valence-corrected chi connectivity index (χ3v) is 4.68. The van der Waals surface area contributed by atoms with Crippen LogP contribution >= 0.6 is 0 Å². The maximum Gasteiger partial charge on any atom is 0.414 e. The van der Waals surface area contributed by atoms with Crippen LogP contribution in [-0.4, -0.2) is 38.3 Å². The number of para-hydroxylation sites is 1. The first-order valence-corrected chi connectivity index (χ1v) is 9.74. The summed E-state index contributed by atoms with van der Waals surface area (Å²) in [7, 11) is 2.04. The molecule has 0 atom stereocenters. The SMILES string of the molecule is CCOc1ccccc1CNc1ncc(-c2ccc(C)c(C)c2)n1C.O=C(O)C(=O)O. The predicted octanol–water partition coefficient (Wildman–Crippen LogP) is 3.87. The van der Waals surface area contributed by atoms with Crippen molar-refractivity contribution in [1.82, 2.24) is 9.55 Å².